The zero-order valence-electron chi connectivity index (χ0n) is 12.2. The summed E-state index contributed by atoms with van der Waals surface area (Å²) in [5.74, 6) is 1.31. The first-order valence-electron chi connectivity index (χ1n) is 7.08. The molecule has 1 aliphatic heterocycles. The number of morpholine rings is 1. The van der Waals surface area contributed by atoms with E-state index in [1.54, 1.807) is 4.90 Å². The maximum Gasteiger partial charge on any atom is 0.233 e. The lowest BCUT2D eigenvalue weighted by molar-refractivity contribution is -0.137. The Balaban J connectivity index is 1.80. The number of carbonyl (C=O) groups is 1. The molecule has 1 unspecified atom stereocenters. The molecule has 1 amide bonds. The first kappa shape index (κ1) is 16.1. The number of aliphatic hydroxyl groups is 1. The summed E-state index contributed by atoms with van der Waals surface area (Å²) in [7, 11) is 0. The Morgan fingerprint density at radius 3 is 2.90 bits per heavy atom. The van der Waals surface area contributed by atoms with E-state index in [1.807, 2.05) is 31.2 Å². The van der Waals surface area contributed by atoms with Gasteiger partial charge in [-0.25, -0.2) is 0 Å². The molecule has 0 bridgehead atoms. The number of hydrogen-bond acceptors (Lipinski definition) is 5. The van der Waals surface area contributed by atoms with Gasteiger partial charge in [0, 0.05) is 18.0 Å². The second-order valence-corrected chi connectivity index (χ2v) is 5.76. The first-order valence-corrected chi connectivity index (χ1v) is 8.07. The van der Waals surface area contributed by atoms with Crippen molar-refractivity contribution in [2.45, 2.75) is 17.9 Å². The SMILES string of the molecule is CCOc1ccc(SCC(=O)N2CCOC(CO)C2)cc1. The molecule has 0 saturated carbocycles. The highest BCUT2D eigenvalue weighted by Gasteiger charge is 2.23. The number of rotatable bonds is 6. The summed E-state index contributed by atoms with van der Waals surface area (Å²) in [6.45, 7) is 4.11. The van der Waals surface area contributed by atoms with Crippen LogP contribution in [-0.2, 0) is 9.53 Å². The Morgan fingerprint density at radius 1 is 1.48 bits per heavy atom. The van der Waals surface area contributed by atoms with Crippen LogP contribution in [0.5, 0.6) is 5.75 Å². The van der Waals surface area contributed by atoms with Crippen molar-refractivity contribution in [2.24, 2.45) is 0 Å². The van der Waals surface area contributed by atoms with Crippen LogP contribution in [-0.4, -0.2) is 60.7 Å². The van der Waals surface area contributed by atoms with Gasteiger partial charge in [-0.3, -0.25) is 4.79 Å². The smallest absolute Gasteiger partial charge is 0.233 e. The number of thioether (sulfide) groups is 1. The van der Waals surface area contributed by atoms with Gasteiger partial charge in [0.1, 0.15) is 5.75 Å². The van der Waals surface area contributed by atoms with Crippen molar-refractivity contribution in [1.29, 1.82) is 0 Å². The zero-order valence-corrected chi connectivity index (χ0v) is 13.0. The third-order valence-corrected chi connectivity index (χ3v) is 4.19. The predicted octanol–water partition coefficient (Wildman–Crippen LogP) is 1.40. The van der Waals surface area contributed by atoms with Gasteiger partial charge in [0.25, 0.3) is 0 Å². The molecule has 0 aromatic heterocycles. The van der Waals surface area contributed by atoms with Gasteiger partial charge < -0.3 is 19.5 Å². The summed E-state index contributed by atoms with van der Waals surface area (Å²) in [4.78, 5) is 14.9. The van der Waals surface area contributed by atoms with Crippen LogP contribution in [0.25, 0.3) is 0 Å². The van der Waals surface area contributed by atoms with Gasteiger partial charge in [-0.1, -0.05) is 0 Å². The molecule has 1 saturated heterocycles. The molecule has 1 fully saturated rings. The van der Waals surface area contributed by atoms with E-state index >= 15 is 0 Å². The quantitative estimate of drug-likeness (QED) is 0.805. The lowest BCUT2D eigenvalue weighted by Crippen LogP contribution is -2.47. The molecule has 21 heavy (non-hydrogen) atoms. The molecule has 2 rings (SSSR count). The molecule has 1 heterocycles. The number of benzene rings is 1. The molecule has 5 nitrogen and oxygen atoms in total. The molecule has 1 aromatic rings. The Morgan fingerprint density at radius 2 is 2.24 bits per heavy atom. The van der Waals surface area contributed by atoms with Gasteiger partial charge >= 0.3 is 0 Å². The van der Waals surface area contributed by atoms with Crippen LogP contribution in [0, 0.1) is 0 Å². The van der Waals surface area contributed by atoms with Crippen LogP contribution in [0.1, 0.15) is 6.92 Å². The number of ether oxygens (including phenoxy) is 2. The highest BCUT2D eigenvalue weighted by atomic mass is 32.2. The summed E-state index contributed by atoms with van der Waals surface area (Å²) in [6, 6.07) is 7.73. The number of hydrogen-bond donors (Lipinski definition) is 1. The van der Waals surface area contributed by atoms with E-state index in [0.717, 1.165) is 10.6 Å². The van der Waals surface area contributed by atoms with Gasteiger partial charge in [0.2, 0.25) is 5.91 Å². The predicted molar refractivity (Wildman–Crippen MR) is 81.7 cm³/mol. The van der Waals surface area contributed by atoms with Crippen LogP contribution in [0.3, 0.4) is 0 Å². The van der Waals surface area contributed by atoms with Crippen molar-refractivity contribution in [3.05, 3.63) is 24.3 Å². The topological polar surface area (TPSA) is 59.0 Å². The largest absolute Gasteiger partial charge is 0.494 e. The Kier molecular flexibility index (Phi) is 6.35. The molecule has 1 aromatic carbocycles. The molecule has 1 atom stereocenters. The molecule has 116 valence electrons. The second kappa shape index (κ2) is 8.26. The summed E-state index contributed by atoms with van der Waals surface area (Å²) in [6.07, 6.45) is -0.252. The fraction of sp³-hybridized carbons (Fsp3) is 0.533. The van der Waals surface area contributed by atoms with E-state index in [1.165, 1.54) is 11.8 Å². The highest BCUT2D eigenvalue weighted by molar-refractivity contribution is 8.00. The van der Waals surface area contributed by atoms with Crippen molar-refractivity contribution >= 4 is 17.7 Å². The number of amides is 1. The fourth-order valence-electron chi connectivity index (χ4n) is 2.09. The third kappa shape index (κ3) is 4.91. The van der Waals surface area contributed by atoms with Crippen molar-refractivity contribution < 1.29 is 19.4 Å². The van der Waals surface area contributed by atoms with Crippen LogP contribution < -0.4 is 4.74 Å². The third-order valence-electron chi connectivity index (χ3n) is 3.19. The fourth-order valence-corrected chi connectivity index (χ4v) is 2.89. The van der Waals surface area contributed by atoms with E-state index in [4.69, 9.17) is 14.6 Å². The van der Waals surface area contributed by atoms with E-state index in [-0.39, 0.29) is 18.6 Å². The maximum absolute atomic E-state index is 12.1. The molecule has 0 spiro atoms. The first-order chi connectivity index (χ1) is 10.2. The lowest BCUT2D eigenvalue weighted by atomic mass is 10.3. The van der Waals surface area contributed by atoms with Gasteiger partial charge in [-0.2, -0.15) is 0 Å². The zero-order chi connectivity index (χ0) is 15.1. The molecule has 0 radical (unpaired) electrons. The van der Waals surface area contributed by atoms with Gasteiger partial charge in [-0.15, -0.1) is 11.8 Å². The minimum Gasteiger partial charge on any atom is -0.494 e. The average Bonchev–Trinajstić information content (AvgIpc) is 2.54. The second-order valence-electron chi connectivity index (χ2n) is 4.71. The van der Waals surface area contributed by atoms with Crippen molar-refractivity contribution in [2.75, 3.05) is 38.7 Å². The standard InChI is InChI=1S/C15H21NO4S/c1-2-19-12-3-5-14(6-4-12)21-11-15(18)16-7-8-20-13(9-16)10-17/h3-6,13,17H,2,7-11H2,1H3. The Labute approximate surface area is 129 Å². The number of nitrogens with zero attached hydrogens (tertiary/aromatic N) is 1. The van der Waals surface area contributed by atoms with E-state index in [2.05, 4.69) is 0 Å². The molecule has 1 N–H and O–H groups in total. The van der Waals surface area contributed by atoms with E-state index < -0.39 is 0 Å². The minimum atomic E-state index is -0.252. The van der Waals surface area contributed by atoms with Crippen LogP contribution in [0.2, 0.25) is 0 Å². The maximum atomic E-state index is 12.1. The lowest BCUT2D eigenvalue weighted by Gasteiger charge is -2.32. The molecule has 6 heteroatoms. The van der Waals surface area contributed by atoms with Gasteiger partial charge in [0.15, 0.2) is 0 Å². The van der Waals surface area contributed by atoms with Crippen LogP contribution >= 0.6 is 11.8 Å². The molecular weight excluding hydrogens is 290 g/mol. The molecular formula is C15H21NO4S. The van der Waals surface area contributed by atoms with Crippen LogP contribution in [0.4, 0.5) is 0 Å². The van der Waals surface area contributed by atoms with Crippen molar-refractivity contribution in [3.63, 3.8) is 0 Å². The number of carbonyl (C=O) groups excluding carboxylic acids is 1. The van der Waals surface area contributed by atoms with Crippen molar-refractivity contribution in [1.82, 2.24) is 4.90 Å². The van der Waals surface area contributed by atoms with E-state index in [9.17, 15) is 4.79 Å². The number of aliphatic hydroxyl groups excluding tert-OH is 1. The summed E-state index contributed by atoms with van der Waals surface area (Å²) < 4.78 is 10.7. The summed E-state index contributed by atoms with van der Waals surface area (Å²) in [5.41, 5.74) is 0. The normalized spacial score (nSPS) is 18.6. The molecule has 0 aliphatic carbocycles. The van der Waals surface area contributed by atoms with Gasteiger partial charge in [0.05, 0.1) is 31.7 Å². The monoisotopic (exact) mass is 311 g/mol. The molecule has 1 aliphatic rings. The average molecular weight is 311 g/mol. The van der Waals surface area contributed by atoms with Gasteiger partial charge in [-0.05, 0) is 31.2 Å². The van der Waals surface area contributed by atoms with E-state index in [0.29, 0.717) is 32.1 Å². The Hall–Kier alpha value is -1.24. The van der Waals surface area contributed by atoms with Crippen molar-refractivity contribution in [3.8, 4) is 5.75 Å². The minimum absolute atomic E-state index is 0.0458. The highest BCUT2D eigenvalue weighted by Crippen LogP contribution is 2.22. The Bertz CT molecular complexity index is 451. The summed E-state index contributed by atoms with van der Waals surface area (Å²) in [5, 5.41) is 9.09. The summed E-state index contributed by atoms with van der Waals surface area (Å²) >= 11 is 1.51. The van der Waals surface area contributed by atoms with Crippen LogP contribution in [0.15, 0.2) is 29.2 Å².